The van der Waals surface area contributed by atoms with Crippen molar-refractivity contribution in [2.45, 2.75) is 6.42 Å². The molecule has 0 spiro atoms. The Morgan fingerprint density at radius 1 is 1.06 bits per heavy atom. The lowest BCUT2D eigenvalue weighted by atomic mass is 10.0. The molecule has 0 saturated carbocycles. The second kappa shape index (κ2) is 4.84. The van der Waals surface area contributed by atoms with E-state index in [0.29, 0.717) is 0 Å². The molecule has 1 nitrogen and oxygen atoms in total. The van der Waals surface area contributed by atoms with Crippen molar-refractivity contribution in [1.29, 1.82) is 0 Å². The molecule has 0 bridgehead atoms. The molecule has 0 aliphatic rings. The third-order valence-corrected chi connectivity index (χ3v) is 2.59. The summed E-state index contributed by atoms with van der Waals surface area (Å²) in [5.74, 6) is 0.913. The highest BCUT2D eigenvalue weighted by Crippen LogP contribution is 2.22. The maximum atomic E-state index is 5.36. The lowest BCUT2D eigenvalue weighted by Crippen LogP contribution is -1.94. The summed E-state index contributed by atoms with van der Waals surface area (Å²) in [5.41, 5.74) is 3.47. The molecule has 0 fully saturated rings. The molecule has 1 heteroatoms. The van der Waals surface area contributed by atoms with E-state index in [0.717, 1.165) is 17.7 Å². The van der Waals surface area contributed by atoms with E-state index in [1.807, 2.05) is 18.2 Å². The van der Waals surface area contributed by atoms with Crippen molar-refractivity contribution in [2.75, 3.05) is 7.11 Å². The zero-order valence-corrected chi connectivity index (χ0v) is 9.44. The van der Waals surface area contributed by atoms with Crippen molar-refractivity contribution in [2.24, 2.45) is 0 Å². The summed E-state index contributed by atoms with van der Waals surface area (Å²) in [6.45, 7) is 3.90. The molecule has 2 aromatic rings. The van der Waals surface area contributed by atoms with Gasteiger partial charge in [-0.15, -0.1) is 0 Å². The third kappa shape index (κ3) is 2.43. The molecule has 2 rings (SSSR count). The zero-order valence-electron chi connectivity index (χ0n) is 9.44. The maximum Gasteiger partial charge on any atom is 0.122 e. The smallest absolute Gasteiger partial charge is 0.122 e. The molecular weight excluding hydrogens is 196 g/mol. The third-order valence-electron chi connectivity index (χ3n) is 2.59. The second-order valence-corrected chi connectivity index (χ2v) is 3.81. The minimum absolute atomic E-state index is 0.893. The topological polar surface area (TPSA) is 9.23 Å². The van der Waals surface area contributed by atoms with Gasteiger partial charge in [-0.3, -0.25) is 0 Å². The Morgan fingerprint density at radius 3 is 2.50 bits per heavy atom. The summed E-state index contributed by atoms with van der Waals surface area (Å²) in [7, 11) is 1.70. The van der Waals surface area contributed by atoms with Gasteiger partial charge >= 0.3 is 0 Å². The fourth-order valence-corrected chi connectivity index (χ4v) is 1.75. The predicted molar refractivity (Wildman–Crippen MR) is 66.7 cm³/mol. The highest BCUT2D eigenvalue weighted by atomic mass is 16.5. The molecule has 2 aromatic carbocycles. The highest BCUT2D eigenvalue weighted by molar-refractivity contribution is 5.41. The molecule has 0 N–H and O–H groups in total. The molecular formula is C15H15O. The molecule has 0 aliphatic heterocycles. The Kier molecular flexibility index (Phi) is 3.25. The Morgan fingerprint density at radius 2 is 1.81 bits per heavy atom. The van der Waals surface area contributed by atoms with Crippen LogP contribution in [0.25, 0.3) is 0 Å². The average molecular weight is 211 g/mol. The molecule has 0 atom stereocenters. The normalized spacial score (nSPS) is 10.1. The summed E-state index contributed by atoms with van der Waals surface area (Å²) in [4.78, 5) is 0. The molecule has 1 radical (unpaired) electrons. The molecule has 16 heavy (non-hydrogen) atoms. The van der Waals surface area contributed by atoms with Crippen LogP contribution in [0.2, 0.25) is 0 Å². The van der Waals surface area contributed by atoms with Crippen LogP contribution in [0.1, 0.15) is 16.7 Å². The predicted octanol–water partition coefficient (Wildman–Crippen LogP) is 3.47. The fraction of sp³-hybridized carbons (Fsp3) is 0.133. The Balaban J connectivity index is 2.28. The summed E-state index contributed by atoms with van der Waals surface area (Å²) in [6, 6.07) is 16.4. The van der Waals surface area contributed by atoms with Gasteiger partial charge in [-0.2, -0.15) is 0 Å². The number of benzene rings is 2. The van der Waals surface area contributed by atoms with Crippen molar-refractivity contribution in [3.8, 4) is 5.75 Å². The number of hydrogen-bond acceptors (Lipinski definition) is 1. The van der Waals surface area contributed by atoms with Gasteiger partial charge in [0.05, 0.1) is 7.11 Å². The summed E-state index contributed by atoms with van der Waals surface area (Å²) < 4.78 is 5.36. The lowest BCUT2D eigenvalue weighted by molar-refractivity contribution is 0.410. The number of ether oxygens (including phenoxy) is 1. The second-order valence-electron chi connectivity index (χ2n) is 3.81. The number of hydrogen-bond donors (Lipinski definition) is 0. The summed E-state index contributed by atoms with van der Waals surface area (Å²) in [6.07, 6.45) is 0.893. The van der Waals surface area contributed by atoms with Crippen LogP contribution in [0.3, 0.4) is 0 Å². The van der Waals surface area contributed by atoms with E-state index >= 15 is 0 Å². The van der Waals surface area contributed by atoms with E-state index in [2.05, 4.69) is 37.3 Å². The van der Waals surface area contributed by atoms with Crippen molar-refractivity contribution in [3.63, 3.8) is 0 Å². The van der Waals surface area contributed by atoms with Crippen molar-refractivity contribution in [3.05, 3.63) is 72.1 Å². The van der Waals surface area contributed by atoms with E-state index in [1.165, 1.54) is 11.1 Å². The van der Waals surface area contributed by atoms with Gasteiger partial charge in [-0.05, 0) is 29.7 Å². The van der Waals surface area contributed by atoms with Crippen LogP contribution in [0, 0.1) is 6.92 Å². The van der Waals surface area contributed by atoms with Crippen molar-refractivity contribution in [1.82, 2.24) is 0 Å². The largest absolute Gasteiger partial charge is 0.496 e. The van der Waals surface area contributed by atoms with Gasteiger partial charge in [0.2, 0.25) is 0 Å². The van der Waals surface area contributed by atoms with Crippen LogP contribution in [-0.2, 0) is 6.42 Å². The minimum atomic E-state index is 0.893. The van der Waals surface area contributed by atoms with Crippen LogP contribution in [0.4, 0.5) is 0 Å². The Labute approximate surface area is 96.7 Å². The molecule has 0 aliphatic carbocycles. The molecule has 0 heterocycles. The molecule has 0 aromatic heterocycles. The van der Waals surface area contributed by atoms with Crippen LogP contribution >= 0.6 is 0 Å². The molecule has 81 valence electrons. The summed E-state index contributed by atoms with van der Waals surface area (Å²) >= 11 is 0. The van der Waals surface area contributed by atoms with Crippen molar-refractivity contribution >= 4 is 0 Å². The standard InChI is InChI=1S/C15H15O/c1-12-8-9-14(15(10-12)16-2)11-13-6-4-3-5-7-13/h3-10H,1,11H2,2H3. The van der Waals surface area contributed by atoms with Crippen LogP contribution in [0.5, 0.6) is 5.75 Å². The van der Waals surface area contributed by atoms with E-state index in [9.17, 15) is 0 Å². The first-order chi connectivity index (χ1) is 7.79. The van der Waals surface area contributed by atoms with Crippen LogP contribution in [-0.4, -0.2) is 7.11 Å². The summed E-state index contributed by atoms with van der Waals surface area (Å²) in [5, 5.41) is 0. The monoisotopic (exact) mass is 211 g/mol. The minimum Gasteiger partial charge on any atom is -0.496 e. The van der Waals surface area contributed by atoms with E-state index in [1.54, 1.807) is 7.11 Å². The Hall–Kier alpha value is -1.76. The van der Waals surface area contributed by atoms with Gasteiger partial charge in [0, 0.05) is 6.42 Å². The van der Waals surface area contributed by atoms with Crippen LogP contribution in [0.15, 0.2) is 48.5 Å². The maximum absolute atomic E-state index is 5.36. The van der Waals surface area contributed by atoms with Gasteiger partial charge in [0.15, 0.2) is 0 Å². The fourth-order valence-electron chi connectivity index (χ4n) is 1.75. The molecule has 0 saturated heterocycles. The molecule has 0 unspecified atom stereocenters. The van der Waals surface area contributed by atoms with Crippen molar-refractivity contribution < 1.29 is 4.74 Å². The first kappa shape index (κ1) is 10.7. The van der Waals surface area contributed by atoms with E-state index < -0.39 is 0 Å². The number of methoxy groups -OCH3 is 1. The van der Waals surface area contributed by atoms with Gasteiger partial charge in [0.1, 0.15) is 5.75 Å². The first-order valence-corrected chi connectivity index (χ1v) is 5.32. The quantitative estimate of drug-likeness (QED) is 0.755. The lowest BCUT2D eigenvalue weighted by Gasteiger charge is -2.09. The van der Waals surface area contributed by atoms with Gasteiger partial charge < -0.3 is 4.74 Å². The first-order valence-electron chi connectivity index (χ1n) is 5.32. The number of rotatable bonds is 3. The van der Waals surface area contributed by atoms with Crippen LogP contribution < -0.4 is 4.74 Å². The van der Waals surface area contributed by atoms with E-state index in [-0.39, 0.29) is 0 Å². The Bertz CT molecular complexity index is 460. The van der Waals surface area contributed by atoms with Gasteiger partial charge in [-0.1, -0.05) is 42.5 Å². The van der Waals surface area contributed by atoms with Gasteiger partial charge in [-0.25, -0.2) is 0 Å². The highest BCUT2D eigenvalue weighted by Gasteiger charge is 2.03. The molecule has 0 amide bonds. The zero-order chi connectivity index (χ0) is 11.4. The van der Waals surface area contributed by atoms with E-state index in [4.69, 9.17) is 4.74 Å². The SMILES string of the molecule is [CH2]c1ccc(Cc2ccccc2)c(OC)c1. The van der Waals surface area contributed by atoms with Gasteiger partial charge in [0.25, 0.3) is 0 Å². The average Bonchev–Trinajstić information content (AvgIpc) is 2.33.